The van der Waals surface area contributed by atoms with Gasteiger partial charge < -0.3 is 21.0 Å². The highest BCUT2D eigenvalue weighted by atomic mass is 16.5. The molecule has 0 heterocycles. The van der Waals surface area contributed by atoms with Crippen molar-refractivity contribution in [2.24, 2.45) is 10.9 Å². The van der Waals surface area contributed by atoms with E-state index in [1.807, 2.05) is 31.2 Å². The van der Waals surface area contributed by atoms with E-state index >= 15 is 0 Å². The fourth-order valence-corrected chi connectivity index (χ4v) is 1.22. The van der Waals surface area contributed by atoms with Crippen LogP contribution in [0.5, 0.6) is 5.75 Å². The highest BCUT2D eigenvalue weighted by molar-refractivity contribution is 5.84. The van der Waals surface area contributed by atoms with Gasteiger partial charge in [0, 0.05) is 11.8 Å². The molecule has 1 aromatic carbocycles. The van der Waals surface area contributed by atoms with E-state index in [-0.39, 0.29) is 11.9 Å². The summed E-state index contributed by atoms with van der Waals surface area (Å²) in [5, 5.41) is 14.3. The number of amidine groups is 1. The Hall–Kier alpha value is -1.91. The smallest absolute Gasteiger partial charge is 0.158 e. The summed E-state index contributed by atoms with van der Waals surface area (Å²) in [6, 6.07) is 7.58. The van der Waals surface area contributed by atoms with E-state index in [0.717, 1.165) is 17.9 Å². The van der Waals surface area contributed by atoms with Gasteiger partial charge in [-0.15, -0.1) is 0 Å². The van der Waals surface area contributed by atoms with Crippen LogP contribution in [0, 0.1) is 0 Å². The van der Waals surface area contributed by atoms with Gasteiger partial charge in [0.2, 0.25) is 0 Å². The highest BCUT2D eigenvalue weighted by Gasteiger charge is 2.02. The van der Waals surface area contributed by atoms with Gasteiger partial charge in [-0.05, 0) is 25.5 Å². The van der Waals surface area contributed by atoms with E-state index < -0.39 is 0 Å². The minimum Gasteiger partial charge on any atom is -0.491 e. The molecule has 0 bridgehead atoms. The lowest BCUT2D eigenvalue weighted by Gasteiger charge is -2.13. The van der Waals surface area contributed by atoms with Crippen molar-refractivity contribution in [3.63, 3.8) is 0 Å². The van der Waals surface area contributed by atoms with E-state index in [4.69, 9.17) is 15.7 Å². The van der Waals surface area contributed by atoms with Crippen LogP contribution in [0.15, 0.2) is 29.4 Å². The number of benzene rings is 1. The van der Waals surface area contributed by atoms with Crippen LogP contribution in [-0.4, -0.2) is 23.7 Å². The monoisotopic (exact) mass is 237 g/mol. The quantitative estimate of drug-likeness (QED) is 0.306. The first kappa shape index (κ1) is 13.2. The lowest BCUT2D eigenvalue weighted by atomic mass is 10.2. The Labute approximate surface area is 101 Å². The summed E-state index contributed by atoms with van der Waals surface area (Å²) < 4.78 is 5.69. The summed E-state index contributed by atoms with van der Waals surface area (Å²) in [7, 11) is 0. The Balaban J connectivity index is 2.59. The summed E-state index contributed by atoms with van der Waals surface area (Å²) in [5.74, 6) is 0.946. The molecule has 5 heteroatoms. The molecule has 0 aromatic heterocycles. The number of anilines is 1. The summed E-state index contributed by atoms with van der Waals surface area (Å²) in [6.45, 7) is 4.39. The largest absolute Gasteiger partial charge is 0.491 e. The number of rotatable bonds is 6. The maximum absolute atomic E-state index is 8.42. The van der Waals surface area contributed by atoms with Gasteiger partial charge >= 0.3 is 0 Å². The third kappa shape index (κ3) is 4.63. The summed E-state index contributed by atoms with van der Waals surface area (Å²) in [4.78, 5) is 0. The maximum Gasteiger partial charge on any atom is 0.158 e. The Morgan fingerprint density at radius 2 is 2.35 bits per heavy atom. The van der Waals surface area contributed by atoms with Crippen molar-refractivity contribution in [3.8, 4) is 5.75 Å². The molecule has 1 atom stereocenters. The summed E-state index contributed by atoms with van der Waals surface area (Å²) in [6.07, 6.45) is 1.15. The average molecular weight is 237 g/mol. The number of nitrogens with zero attached hydrogens (tertiary/aromatic N) is 1. The molecule has 0 saturated heterocycles. The second-order valence-corrected chi connectivity index (χ2v) is 3.81. The van der Waals surface area contributed by atoms with Gasteiger partial charge in [-0.2, -0.15) is 0 Å². The van der Waals surface area contributed by atoms with Crippen molar-refractivity contribution in [2.75, 3.05) is 11.9 Å². The molecule has 0 saturated carbocycles. The van der Waals surface area contributed by atoms with E-state index in [9.17, 15) is 0 Å². The minimum atomic E-state index is 0.137. The van der Waals surface area contributed by atoms with E-state index in [0.29, 0.717) is 6.54 Å². The molecule has 0 spiro atoms. The molecule has 0 fully saturated rings. The predicted octanol–water partition coefficient (Wildman–Crippen LogP) is 2.02. The highest BCUT2D eigenvalue weighted by Crippen LogP contribution is 2.18. The van der Waals surface area contributed by atoms with Crippen LogP contribution >= 0.6 is 0 Å². The first-order valence-corrected chi connectivity index (χ1v) is 5.62. The van der Waals surface area contributed by atoms with Gasteiger partial charge in [0.15, 0.2) is 5.84 Å². The summed E-state index contributed by atoms with van der Waals surface area (Å²) in [5.41, 5.74) is 6.24. The number of nitrogens with two attached hydrogens (primary N) is 1. The molecule has 1 rings (SSSR count). The average Bonchev–Trinajstić information content (AvgIpc) is 2.36. The second kappa shape index (κ2) is 6.62. The lowest BCUT2D eigenvalue weighted by molar-refractivity contribution is 0.217. The van der Waals surface area contributed by atoms with Crippen molar-refractivity contribution in [3.05, 3.63) is 24.3 Å². The number of hydrogen-bond donors (Lipinski definition) is 3. The first-order valence-electron chi connectivity index (χ1n) is 5.62. The molecule has 1 unspecified atom stereocenters. The third-order valence-electron chi connectivity index (χ3n) is 2.35. The number of hydrogen-bond acceptors (Lipinski definition) is 4. The SMILES string of the molecule is CCC(C)Oc1cccc(NCC(N)=NO)c1. The van der Waals surface area contributed by atoms with Crippen molar-refractivity contribution >= 4 is 11.5 Å². The zero-order valence-corrected chi connectivity index (χ0v) is 10.2. The normalized spacial score (nSPS) is 13.2. The molecule has 0 amide bonds. The standard InChI is InChI=1S/C12H19N3O2/c1-3-9(2)17-11-6-4-5-10(7-11)14-8-12(13)15-16/h4-7,9,14,16H,3,8H2,1-2H3,(H2,13,15). The lowest BCUT2D eigenvalue weighted by Crippen LogP contribution is -2.22. The number of ether oxygens (including phenoxy) is 1. The van der Waals surface area contributed by atoms with Gasteiger partial charge in [0.25, 0.3) is 0 Å². The van der Waals surface area contributed by atoms with Crippen molar-refractivity contribution in [1.29, 1.82) is 0 Å². The van der Waals surface area contributed by atoms with Crippen molar-refractivity contribution < 1.29 is 9.94 Å². The molecular formula is C12H19N3O2. The van der Waals surface area contributed by atoms with Crippen LogP contribution in [0.1, 0.15) is 20.3 Å². The van der Waals surface area contributed by atoms with Gasteiger partial charge in [-0.1, -0.05) is 18.1 Å². The fourth-order valence-electron chi connectivity index (χ4n) is 1.22. The topological polar surface area (TPSA) is 79.9 Å². The van der Waals surface area contributed by atoms with Crippen LogP contribution in [0.2, 0.25) is 0 Å². The molecule has 0 radical (unpaired) electrons. The fraction of sp³-hybridized carbons (Fsp3) is 0.417. The molecule has 5 nitrogen and oxygen atoms in total. The van der Waals surface area contributed by atoms with E-state index in [1.54, 1.807) is 0 Å². The number of nitrogens with one attached hydrogen (secondary N) is 1. The number of oxime groups is 1. The van der Waals surface area contributed by atoms with Crippen LogP contribution in [0.4, 0.5) is 5.69 Å². The Bertz CT molecular complexity index is 380. The van der Waals surface area contributed by atoms with Crippen molar-refractivity contribution in [2.45, 2.75) is 26.4 Å². The van der Waals surface area contributed by atoms with Gasteiger partial charge in [0.05, 0.1) is 12.6 Å². The second-order valence-electron chi connectivity index (χ2n) is 3.81. The van der Waals surface area contributed by atoms with Crippen LogP contribution < -0.4 is 15.8 Å². The predicted molar refractivity (Wildman–Crippen MR) is 68.7 cm³/mol. The molecule has 17 heavy (non-hydrogen) atoms. The Morgan fingerprint density at radius 3 is 3.00 bits per heavy atom. The molecular weight excluding hydrogens is 218 g/mol. The third-order valence-corrected chi connectivity index (χ3v) is 2.35. The van der Waals surface area contributed by atoms with Crippen LogP contribution in [0.3, 0.4) is 0 Å². The van der Waals surface area contributed by atoms with E-state index in [1.165, 1.54) is 0 Å². The summed E-state index contributed by atoms with van der Waals surface area (Å²) >= 11 is 0. The van der Waals surface area contributed by atoms with Gasteiger partial charge in [-0.3, -0.25) is 0 Å². The van der Waals surface area contributed by atoms with Crippen LogP contribution in [0.25, 0.3) is 0 Å². The molecule has 0 aliphatic rings. The van der Waals surface area contributed by atoms with Gasteiger partial charge in [-0.25, -0.2) is 0 Å². The minimum absolute atomic E-state index is 0.137. The molecule has 0 aliphatic carbocycles. The van der Waals surface area contributed by atoms with Crippen LogP contribution in [-0.2, 0) is 0 Å². The molecule has 0 aliphatic heterocycles. The first-order chi connectivity index (χ1) is 8.15. The van der Waals surface area contributed by atoms with Crippen molar-refractivity contribution in [1.82, 2.24) is 0 Å². The Kier molecular flexibility index (Phi) is 5.13. The zero-order chi connectivity index (χ0) is 12.7. The Morgan fingerprint density at radius 1 is 1.59 bits per heavy atom. The van der Waals surface area contributed by atoms with E-state index in [2.05, 4.69) is 17.4 Å². The zero-order valence-electron chi connectivity index (χ0n) is 10.2. The maximum atomic E-state index is 8.42. The molecule has 1 aromatic rings. The molecule has 94 valence electrons. The molecule has 4 N–H and O–H groups in total. The van der Waals surface area contributed by atoms with Gasteiger partial charge in [0.1, 0.15) is 5.75 Å².